The summed E-state index contributed by atoms with van der Waals surface area (Å²) in [5, 5.41) is 0. The smallest absolute Gasteiger partial charge is 0.333 e. The third kappa shape index (κ3) is 3.08. The number of carbonyl (C=O) groups excluding carboxylic acids is 1. The van der Waals surface area contributed by atoms with Crippen LogP contribution in [0.15, 0.2) is 70.4 Å². The molecule has 0 N–H and O–H groups in total. The first kappa shape index (κ1) is 21.4. The minimum absolute atomic E-state index is 0.226. The number of ether oxygens (including phenoxy) is 1. The molecule has 1 atom stereocenters. The number of carbonyl (C=O) groups is 1. The molecule has 0 bridgehead atoms. The van der Waals surface area contributed by atoms with Gasteiger partial charge in [0, 0.05) is 24.9 Å². The number of ketones is 1. The van der Waals surface area contributed by atoms with Crippen LogP contribution in [0.5, 0.6) is 5.75 Å². The quantitative estimate of drug-likeness (QED) is 0.405. The third-order valence-electron chi connectivity index (χ3n) is 6.16. The van der Waals surface area contributed by atoms with E-state index in [4.69, 9.17) is 9.72 Å². The fraction of sp³-hybridized carbons (Fsp3) is 0.200. The first-order chi connectivity index (χ1) is 16.3. The lowest BCUT2D eigenvalue weighted by Crippen LogP contribution is -2.42. The SMILES string of the molecule is COc1cccc(-n2c(-c3ccccc3)cn3c4c(=O)n([C@H](C)C(C)=O)c(=O)n(C)c4nc23)c1. The van der Waals surface area contributed by atoms with Gasteiger partial charge in [0.05, 0.1) is 24.5 Å². The average Bonchev–Trinajstić information content (AvgIpc) is 3.39. The predicted molar refractivity (Wildman–Crippen MR) is 129 cm³/mol. The molecule has 3 heterocycles. The molecule has 0 fully saturated rings. The van der Waals surface area contributed by atoms with Crippen molar-refractivity contribution in [2.75, 3.05) is 7.11 Å². The first-order valence-corrected chi connectivity index (χ1v) is 10.8. The van der Waals surface area contributed by atoms with Gasteiger partial charge in [-0.1, -0.05) is 36.4 Å². The van der Waals surface area contributed by atoms with Crippen LogP contribution in [0, 0.1) is 0 Å². The summed E-state index contributed by atoms with van der Waals surface area (Å²) < 4.78 is 11.3. The molecule has 34 heavy (non-hydrogen) atoms. The molecule has 0 aliphatic carbocycles. The van der Waals surface area contributed by atoms with Gasteiger partial charge in [-0.15, -0.1) is 0 Å². The fourth-order valence-electron chi connectivity index (χ4n) is 4.20. The fourth-order valence-corrected chi connectivity index (χ4v) is 4.20. The molecule has 9 heteroatoms. The van der Waals surface area contributed by atoms with Crippen LogP contribution in [0.4, 0.5) is 0 Å². The van der Waals surface area contributed by atoms with Crippen molar-refractivity contribution in [2.45, 2.75) is 19.9 Å². The van der Waals surface area contributed by atoms with Gasteiger partial charge in [-0.05, 0) is 26.0 Å². The Kier molecular flexibility index (Phi) is 4.97. The van der Waals surface area contributed by atoms with E-state index in [9.17, 15) is 14.4 Å². The van der Waals surface area contributed by atoms with E-state index in [1.54, 1.807) is 25.5 Å². The predicted octanol–water partition coefficient (Wildman–Crippen LogP) is 2.96. The molecule has 0 radical (unpaired) electrons. The van der Waals surface area contributed by atoms with Crippen LogP contribution in [-0.2, 0) is 11.8 Å². The highest BCUT2D eigenvalue weighted by Gasteiger charge is 2.25. The summed E-state index contributed by atoms with van der Waals surface area (Å²) in [6.07, 6.45) is 1.83. The van der Waals surface area contributed by atoms with Crippen LogP contribution in [0.25, 0.3) is 33.9 Å². The Morgan fingerprint density at radius 2 is 1.79 bits per heavy atom. The molecular weight excluding hydrogens is 434 g/mol. The normalized spacial score (nSPS) is 12.4. The van der Waals surface area contributed by atoms with Crippen LogP contribution in [0.3, 0.4) is 0 Å². The molecule has 0 amide bonds. The Labute approximate surface area is 194 Å². The molecule has 5 aromatic rings. The molecule has 0 aliphatic heterocycles. The van der Waals surface area contributed by atoms with Crippen LogP contribution < -0.4 is 16.0 Å². The summed E-state index contributed by atoms with van der Waals surface area (Å²) in [7, 11) is 3.15. The number of hydrogen-bond donors (Lipinski definition) is 0. The van der Waals surface area contributed by atoms with Crippen LogP contribution >= 0.6 is 0 Å². The molecule has 172 valence electrons. The van der Waals surface area contributed by atoms with Crippen LogP contribution in [0.2, 0.25) is 0 Å². The van der Waals surface area contributed by atoms with Gasteiger partial charge in [-0.2, -0.15) is 4.98 Å². The van der Waals surface area contributed by atoms with Crippen molar-refractivity contribution in [1.29, 1.82) is 0 Å². The number of Topliss-reactive ketones (excluding diaryl/α,β-unsaturated/α-hetero) is 1. The van der Waals surface area contributed by atoms with Crippen molar-refractivity contribution in [1.82, 2.24) is 23.1 Å². The molecule has 0 aliphatic rings. The topological polar surface area (TPSA) is 92.5 Å². The lowest BCUT2D eigenvalue weighted by atomic mass is 10.1. The van der Waals surface area contributed by atoms with E-state index in [0.717, 1.165) is 21.5 Å². The van der Waals surface area contributed by atoms with Gasteiger partial charge in [-0.25, -0.2) is 9.36 Å². The van der Waals surface area contributed by atoms with E-state index in [-0.39, 0.29) is 16.9 Å². The van der Waals surface area contributed by atoms with Gasteiger partial charge in [-0.3, -0.25) is 23.1 Å². The van der Waals surface area contributed by atoms with Gasteiger partial charge in [0.2, 0.25) is 5.78 Å². The maximum Gasteiger partial charge on any atom is 0.333 e. The second-order valence-electron chi connectivity index (χ2n) is 8.17. The van der Waals surface area contributed by atoms with E-state index in [2.05, 4.69) is 0 Å². The molecule has 5 rings (SSSR count). The van der Waals surface area contributed by atoms with Crippen molar-refractivity contribution in [3.63, 3.8) is 0 Å². The highest BCUT2D eigenvalue weighted by atomic mass is 16.5. The number of aromatic nitrogens is 5. The Bertz CT molecular complexity index is 1690. The Hall–Kier alpha value is -4.40. The highest BCUT2D eigenvalue weighted by Crippen LogP contribution is 2.30. The first-order valence-electron chi connectivity index (χ1n) is 10.8. The number of imidazole rings is 2. The molecule has 9 nitrogen and oxygen atoms in total. The van der Waals surface area contributed by atoms with Crippen LogP contribution in [0.1, 0.15) is 19.9 Å². The summed E-state index contributed by atoms with van der Waals surface area (Å²) in [5.41, 5.74) is 1.83. The monoisotopic (exact) mass is 457 g/mol. The second kappa shape index (κ2) is 7.87. The number of hydrogen-bond acceptors (Lipinski definition) is 5. The molecular formula is C25H23N5O4. The minimum Gasteiger partial charge on any atom is -0.497 e. The van der Waals surface area contributed by atoms with Crippen molar-refractivity contribution in [3.05, 3.63) is 81.6 Å². The van der Waals surface area contributed by atoms with E-state index in [1.165, 1.54) is 11.5 Å². The van der Waals surface area contributed by atoms with E-state index in [1.807, 2.05) is 65.4 Å². The standard InChI is InChI=1S/C25H23N5O4/c1-15(16(2)31)29-23(32)21-22(27(3)25(29)33)26-24-28(21)14-20(17-9-6-5-7-10-17)30(24)18-11-8-12-19(13-18)34-4/h5-15H,1-4H3/t15-/m1/s1. The van der Waals surface area contributed by atoms with Gasteiger partial charge in [0.25, 0.3) is 5.56 Å². The maximum atomic E-state index is 13.5. The Morgan fingerprint density at radius 1 is 1.06 bits per heavy atom. The molecule has 2 aromatic carbocycles. The number of benzene rings is 2. The summed E-state index contributed by atoms with van der Waals surface area (Å²) >= 11 is 0. The highest BCUT2D eigenvalue weighted by molar-refractivity contribution is 5.82. The van der Waals surface area contributed by atoms with E-state index in [0.29, 0.717) is 11.5 Å². The van der Waals surface area contributed by atoms with Gasteiger partial charge in [0.1, 0.15) is 5.75 Å². The van der Waals surface area contributed by atoms with Crippen molar-refractivity contribution >= 4 is 22.7 Å². The van der Waals surface area contributed by atoms with Gasteiger partial charge >= 0.3 is 5.69 Å². The number of fused-ring (bicyclic) bond motifs is 3. The van der Waals surface area contributed by atoms with E-state index < -0.39 is 17.3 Å². The second-order valence-corrected chi connectivity index (χ2v) is 8.17. The number of methoxy groups -OCH3 is 1. The van der Waals surface area contributed by atoms with Crippen molar-refractivity contribution < 1.29 is 9.53 Å². The maximum absolute atomic E-state index is 13.5. The number of aryl methyl sites for hydroxylation is 1. The molecule has 0 unspecified atom stereocenters. The zero-order valence-electron chi connectivity index (χ0n) is 19.2. The molecule has 0 saturated carbocycles. The largest absolute Gasteiger partial charge is 0.497 e. The van der Waals surface area contributed by atoms with Crippen molar-refractivity contribution in [2.24, 2.45) is 7.05 Å². The summed E-state index contributed by atoms with van der Waals surface area (Å²) in [4.78, 5) is 43.2. The molecule has 3 aromatic heterocycles. The molecule has 0 saturated heterocycles. The van der Waals surface area contributed by atoms with Crippen LogP contribution in [-0.4, -0.2) is 36.0 Å². The zero-order chi connectivity index (χ0) is 24.1. The Balaban J connectivity index is 1.94. The van der Waals surface area contributed by atoms with E-state index >= 15 is 0 Å². The van der Waals surface area contributed by atoms with Gasteiger partial charge < -0.3 is 4.74 Å². The number of rotatable bonds is 5. The average molecular weight is 457 g/mol. The summed E-state index contributed by atoms with van der Waals surface area (Å²) in [6.45, 7) is 2.91. The summed E-state index contributed by atoms with van der Waals surface area (Å²) in [6, 6.07) is 16.4. The Morgan fingerprint density at radius 3 is 2.47 bits per heavy atom. The molecule has 0 spiro atoms. The lowest BCUT2D eigenvalue weighted by molar-refractivity contribution is -0.119. The van der Waals surface area contributed by atoms with Crippen molar-refractivity contribution in [3.8, 4) is 22.7 Å². The van der Waals surface area contributed by atoms with Gasteiger partial charge in [0.15, 0.2) is 16.9 Å². The summed E-state index contributed by atoms with van der Waals surface area (Å²) in [5.74, 6) is 0.852. The number of nitrogens with zero attached hydrogens (tertiary/aromatic N) is 5. The lowest BCUT2D eigenvalue weighted by Gasteiger charge is -2.12. The zero-order valence-corrected chi connectivity index (χ0v) is 19.2. The minimum atomic E-state index is -0.893. The third-order valence-corrected chi connectivity index (χ3v) is 6.16.